The van der Waals surface area contributed by atoms with Crippen LogP contribution in [0.1, 0.15) is 30.1 Å². The molecule has 4 nitrogen and oxygen atoms in total. The summed E-state index contributed by atoms with van der Waals surface area (Å²) >= 11 is 3.33. The van der Waals surface area contributed by atoms with Crippen LogP contribution in [0.2, 0.25) is 0 Å². The number of benzene rings is 1. The number of nitrogens with zero attached hydrogens (tertiary/aromatic N) is 1. The van der Waals surface area contributed by atoms with Gasteiger partial charge in [-0.15, -0.1) is 0 Å². The second kappa shape index (κ2) is 7.02. The maximum atomic E-state index is 12.0. The van der Waals surface area contributed by atoms with Crippen LogP contribution in [0.4, 0.5) is 0 Å². The van der Waals surface area contributed by atoms with Gasteiger partial charge < -0.3 is 10.1 Å². The minimum atomic E-state index is -0.180. The minimum absolute atomic E-state index is 0.108. The van der Waals surface area contributed by atoms with Gasteiger partial charge in [0.15, 0.2) is 0 Å². The molecule has 1 unspecified atom stereocenters. The molecule has 0 saturated heterocycles. The van der Waals surface area contributed by atoms with Crippen LogP contribution >= 0.6 is 15.9 Å². The molecule has 0 aliphatic carbocycles. The van der Waals surface area contributed by atoms with Gasteiger partial charge in [0.05, 0.1) is 24.1 Å². The van der Waals surface area contributed by atoms with E-state index in [2.05, 4.69) is 27.3 Å². The first-order chi connectivity index (χ1) is 8.62. The summed E-state index contributed by atoms with van der Waals surface area (Å²) in [5, 5.41) is 11.5. The molecule has 0 heterocycles. The molecule has 1 aromatic carbocycles. The van der Waals surface area contributed by atoms with Crippen molar-refractivity contribution in [3.63, 3.8) is 0 Å². The van der Waals surface area contributed by atoms with Gasteiger partial charge in [-0.3, -0.25) is 4.79 Å². The first-order valence-corrected chi connectivity index (χ1v) is 6.43. The first kappa shape index (κ1) is 14.5. The summed E-state index contributed by atoms with van der Waals surface area (Å²) in [6.45, 7) is 1.94. The number of amides is 1. The summed E-state index contributed by atoms with van der Waals surface area (Å²) in [5.41, 5.74) is 0.541. The maximum Gasteiger partial charge on any atom is 0.251 e. The van der Waals surface area contributed by atoms with E-state index in [1.54, 1.807) is 25.3 Å². The van der Waals surface area contributed by atoms with Gasteiger partial charge in [-0.05, 0) is 40.5 Å². The van der Waals surface area contributed by atoms with Gasteiger partial charge >= 0.3 is 0 Å². The largest absolute Gasteiger partial charge is 0.496 e. The van der Waals surface area contributed by atoms with Crippen LogP contribution in [0.15, 0.2) is 22.7 Å². The summed E-state index contributed by atoms with van der Waals surface area (Å²) in [6.07, 6.45) is 1.05. The van der Waals surface area contributed by atoms with Gasteiger partial charge in [-0.2, -0.15) is 5.26 Å². The predicted molar refractivity (Wildman–Crippen MR) is 72.5 cm³/mol. The van der Waals surface area contributed by atoms with Crippen molar-refractivity contribution in [2.24, 2.45) is 0 Å². The maximum absolute atomic E-state index is 12.0. The molecule has 1 atom stereocenters. The predicted octanol–water partition coefficient (Wildman–Crippen LogP) is 2.88. The zero-order valence-corrected chi connectivity index (χ0v) is 12.0. The van der Waals surface area contributed by atoms with E-state index in [4.69, 9.17) is 10.00 Å². The fraction of sp³-hybridized carbons (Fsp3) is 0.385. The SMILES string of the molecule is CCC(CC#N)NC(=O)c1ccc(OC)c(Br)c1. The van der Waals surface area contributed by atoms with Crippen LogP contribution in [-0.2, 0) is 0 Å². The number of carbonyl (C=O) groups excluding carboxylic acids is 1. The van der Waals surface area contributed by atoms with Gasteiger partial charge in [0.2, 0.25) is 0 Å². The molecule has 0 aromatic heterocycles. The molecular formula is C13H15BrN2O2. The average molecular weight is 311 g/mol. The van der Waals surface area contributed by atoms with Crippen molar-refractivity contribution < 1.29 is 9.53 Å². The number of hydrogen-bond acceptors (Lipinski definition) is 3. The highest BCUT2D eigenvalue weighted by Gasteiger charge is 2.13. The molecule has 1 rings (SSSR count). The summed E-state index contributed by atoms with van der Waals surface area (Å²) in [6, 6.07) is 7.07. The number of methoxy groups -OCH3 is 1. The monoisotopic (exact) mass is 310 g/mol. The molecule has 0 fully saturated rings. The third-order valence-corrected chi connectivity index (χ3v) is 3.20. The number of nitriles is 1. The molecule has 1 amide bonds. The van der Waals surface area contributed by atoms with Gasteiger partial charge in [-0.1, -0.05) is 6.92 Å². The first-order valence-electron chi connectivity index (χ1n) is 5.63. The molecule has 5 heteroatoms. The highest BCUT2D eigenvalue weighted by Crippen LogP contribution is 2.25. The summed E-state index contributed by atoms with van der Waals surface area (Å²) in [5.74, 6) is 0.496. The van der Waals surface area contributed by atoms with Crippen LogP contribution in [0, 0.1) is 11.3 Å². The number of ether oxygens (including phenoxy) is 1. The number of hydrogen-bond donors (Lipinski definition) is 1. The second-order valence-electron chi connectivity index (χ2n) is 3.79. The van der Waals surface area contributed by atoms with Crippen molar-refractivity contribution in [1.82, 2.24) is 5.32 Å². The summed E-state index contributed by atoms with van der Waals surface area (Å²) < 4.78 is 5.83. The smallest absolute Gasteiger partial charge is 0.251 e. The Hall–Kier alpha value is -1.54. The zero-order valence-electron chi connectivity index (χ0n) is 10.4. The standard InChI is InChI=1S/C13H15BrN2O2/c1-3-10(6-7-15)16-13(17)9-4-5-12(18-2)11(14)8-9/h4-5,8,10H,3,6H2,1-2H3,(H,16,17). The lowest BCUT2D eigenvalue weighted by atomic mass is 10.1. The van der Waals surface area contributed by atoms with Crippen molar-refractivity contribution in [2.45, 2.75) is 25.8 Å². The van der Waals surface area contributed by atoms with Crippen LogP contribution in [0.25, 0.3) is 0 Å². The van der Waals surface area contributed by atoms with Crippen LogP contribution in [-0.4, -0.2) is 19.1 Å². The Bertz CT molecular complexity index is 469. The molecule has 0 saturated carbocycles. The van der Waals surface area contributed by atoms with E-state index >= 15 is 0 Å². The second-order valence-corrected chi connectivity index (χ2v) is 4.64. The van der Waals surface area contributed by atoms with E-state index in [1.807, 2.05) is 6.92 Å². The minimum Gasteiger partial charge on any atom is -0.496 e. The van der Waals surface area contributed by atoms with Crippen molar-refractivity contribution in [2.75, 3.05) is 7.11 Å². The zero-order chi connectivity index (χ0) is 13.5. The van der Waals surface area contributed by atoms with Crippen LogP contribution in [0.3, 0.4) is 0 Å². The molecule has 18 heavy (non-hydrogen) atoms. The van der Waals surface area contributed by atoms with Crippen molar-refractivity contribution in [3.8, 4) is 11.8 Å². The number of rotatable bonds is 5. The van der Waals surface area contributed by atoms with E-state index in [0.717, 1.165) is 10.9 Å². The lowest BCUT2D eigenvalue weighted by molar-refractivity contribution is 0.0936. The van der Waals surface area contributed by atoms with E-state index in [0.29, 0.717) is 17.7 Å². The highest BCUT2D eigenvalue weighted by molar-refractivity contribution is 9.10. The molecule has 96 valence electrons. The fourth-order valence-corrected chi connectivity index (χ4v) is 2.02. The van der Waals surface area contributed by atoms with E-state index < -0.39 is 0 Å². The normalized spacial score (nSPS) is 11.4. The van der Waals surface area contributed by atoms with Crippen molar-refractivity contribution in [1.29, 1.82) is 5.26 Å². The van der Waals surface area contributed by atoms with Gasteiger partial charge in [0, 0.05) is 11.6 Å². The average Bonchev–Trinajstić information content (AvgIpc) is 2.37. The molecule has 0 aliphatic rings. The quantitative estimate of drug-likeness (QED) is 0.909. The van der Waals surface area contributed by atoms with Crippen molar-refractivity contribution >= 4 is 21.8 Å². The fourth-order valence-electron chi connectivity index (χ4n) is 1.48. The molecular weight excluding hydrogens is 296 g/mol. The molecule has 0 aliphatic heterocycles. The molecule has 1 aromatic rings. The van der Waals surface area contributed by atoms with E-state index in [9.17, 15) is 4.79 Å². The molecule has 0 bridgehead atoms. The number of halogens is 1. The van der Waals surface area contributed by atoms with Gasteiger partial charge in [-0.25, -0.2) is 0 Å². The lowest BCUT2D eigenvalue weighted by Crippen LogP contribution is -2.34. The third kappa shape index (κ3) is 3.74. The Morgan fingerprint density at radius 3 is 2.83 bits per heavy atom. The molecule has 1 N–H and O–H groups in total. The Morgan fingerprint density at radius 2 is 2.33 bits per heavy atom. The number of nitrogens with one attached hydrogen (secondary N) is 1. The summed E-state index contributed by atoms with van der Waals surface area (Å²) in [4.78, 5) is 12.0. The Balaban J connectivity index is 2.78. The Kier molecular flexibility index (Phi) is 5.66. The molecule has 0 radical (unpaired) electrons. The van der Waals surface area contributed by atoms with E-state index in [1.165, 1.54) is 0 Å². The number of carbonyl (C=O) groups is 1. The topological polar surface area (TPSA) is 62.1 Å². The Labute approximate surface area is 115 Å². The van der Waals surface area contributed by atoms with Gasteiger partial charge in [0.25, 0.3) is 5.91 Å². The summed E-state index contributed by atoms with van der Waals surface area (Å²) in [7, 11) is 1.57. The van der Waals surface area contributed by atoms with Crippen LogP contribution < -0.4 is 10.1 Å². The Morgan fingerprint density at radius 1 is 1.61 bits per heavy atom. The lowest BCUT2D eigenvalue weighted by Gasteiger charge is -2.14. The van der Waals surface area contributed by atoms with E-state index in [-0.39, 0.29) is 11.9 Å². The third-order valence-electron chi connectivity index (χ3n) is 2.58. The van der Waals surface area contributed by atoms with Crippen LogP contribution in [0.5, 0.6) is 5.75 Å². The highest BCUT2D eigenvalue weighted by atomic mass is 79.9. The molecule has 0 spiro atoms. The van der Waals surface area contributed by atoms with Crippen molar-refractivity contribution in [3.05, 3.63) is 28.2 Å². The van der Waals surface area contributed by atoms with Gasteiger partial charge in [0.1, 0.15) is 5.75 Å².